The molecule has 1 saturated heterocycles. The van der Waals surface area contributed by atoms with Crippen LogP contribution in [-0.4, -0.2) is 28.4 Å². The third-order valence-electron chi connectivity index (χ3n) is 5.28. The summed E-state index contributed by atoms with van der Waals surface area (Å²) in [7, 11) is 0. The molecule has 2 aromatic rings. The number of benzene rings is 1. The summed E-state index contributed by atoms with van der Waals surface area (Å²) in [5, 5.41) is 6.65. The molecule has 7 nitrogen and oxygen atoms in total. The molecule has 1 unspecified atom stereocenters. The van der Waals surface area contributed by atoms with Gasteiger partial charge in [-0.15, -0.1) is 13.2 Å². The first-order valence-electron chi connectivity index (χ1n) is 9.14. The second-order valence-corrected chi connectivity index (χ2v) is 7.26. The van der Waals surface area contributed by atoms with E-state index in [0.29, 0.717) is 11.3 Å². The van der Waals surface area contributed by atoms with Gasteiger partial charge in [0.05, 0.1) is 6.54 Å². The van der Waals surface area contributed by atoms with Crippen LogP contribution >= 0.6 is 0 Å². The van der Waals surface area contributed by atoms with Gasteiger partial charge in [0.2, 0.25) is 0 Å². The molecule has 0 spiro atoms. The summed E-state index contributed by atoms with van der Waals surface area (Å²) in [4.78, 5) is 26.6. The van der Waals surface area contributed by atoms with Gasteiger partial charge >= 0.3 is 12.4 Å². The van der Waals surface area contributed by atoms with Crippen LogP contribution in [0.25, 0.3) is 0 Å². The van der Waals surface area contributed by atoms with Gasteiger partial charge in [-0.05, 0) is 43.9 Å². The van der Waals surface area contributed by atoms with E-state index in [-0.39, 0.29) is 6.54 Å². The van der Waals surface area contributed by atoms with E-state index in [0.717, 1.165) is 54.0 Å². The maximum Gasteiger partial charge on any atom is 0.573 e. The topological polar surface area (TPSA) is 84.7 Å². The lowest BCUT2D eigenvalue weighted by molar-refractivity contribution is -0.274. The van der Waals surface area contributed by atoms with Crippen molar-refractivity contribution in [1.29, 1.82) is 0 Å². The molecule has 29 heavy (non-hydrogen) atoms. The van der Waals surface area contributed by atoms with Gasteiger partial charge < -0.3 is 14.6 Å². The number of nitrogens with zero attached hydrogens (tertiary/aromatic N) is 2. The number of urea groups is 1. The molecule has 1 aliphatic heterocycles. The van der Waals surface area contributed by atoms with Gasteiger partial charge in [-0.3, -0.25) is 9.69 Å². The zero-order valence-corrected chi connectivity index (χ0v) is 15.5. The molecule has 3 amide bonds. The molecule has 0 saturated carbocycles. The van der Waals surface area contributed by atoms with E-state index in [1.807, 2.05) is 0 Å². The minimum absolute atomic E-state index is 0.0195. The third kappa shape index (κ3) is 3.54. The number of imide groups is 1. The van der Waals surface area contributed by atoms with Crippen molar-refractivity contribution in [2.24, 2.45) is 0 Å². The maximum atomic E-state index is 13.0. The lowest BCUT2D eigenvalue weighted by Crippen LogP contribution is -2.40. The molecule has 0 radical (unpaired) electrons. The Hall–Kier alpha value is -3.04. The molecule has 2 heterocycles. The van der Waals surface area contributed by atoms with Gasteiger partial charge in [0.25, 0.3) is 5.91 Å². The van der Waals surface area contributed by atoms with Gasteiger partial charge in [-0.1, -0.05) is 17.3 Å². The Kier molecular flexibility index (Phi) is 4.51. The molecule has 2 aliphatic rings. The highest BCUT2D eigenvalue weighted by atomic mass is 19.4. The molecule has 154 valence electrons. The van der Waals surface area contributed by atoms with Crippen LogP contribution in [0.3, 0.4) is 0 Å². The number of fused-ring (bicyclic) bond motifs is 1. The fraction of sp³-hybridized carbons (Fsp3) is 0.421. The highest BCUT2D eigenvalue weighted by molar-refractivity contribution is 6.07. The van der Waals surface area contributed by atoms with Crippen LogP contribution in [0, 0.1) is 0 Å². The van der Waals surface area contributed by atoms with E-state index in [4.69, 9.17) is 4.52 Å². The van der Waals surface area contributed by atoms with Crippen LogP contribution in [0.4, 0.5) is 18.0 Å². The lowest BCUT2D eigenvalue weighted by atomic mass is 9.92. The summed E-state index contributed by atoms with van der Waals surface area (Å²) in [6, 6.07) is 4.25. The first kappa shape index (κ1) is 19.3. The Bertz CT molecular complexity index is 955. The predicted octanol–water partition coefficient (Wildman–Crippen LogP) is 3.42. The maximum absolute atomic E-state index is 13.0. The number of alkyl halides is 3. The molecule has 1 N–H and O–H groups in total. The molecular weight excluding hydrogens is 391 g/mol. The van der Waals surface area contributed by atoms with Crippen molar-refractivity contribution in [2.45, 2.75) is 51.1 Å². The van der Waals surface area contributed by atoms with Gasteiger partial charge in [-0.2, -0.15) is 0 Å². The number of ether oxygens (including phenoxy) is 1. The second-order valence-electron chi connectivity index (χ2n) is 7.26. The summed E-state index contributed by atoms with van der Waals surface area (Å²) < 4.78 is 46.2. The number of carbonyl (C=O) groups excluding carboxylic acids is 2. The predicted molar refractivity (Wildman–Crippen MR) is 92.7 cm³/mol. The van der Waals surface area contributed by atoms with Crippen molar-refractivity contribution >= 4 is 11.9 Å². The van der Waals surface area contributed by atoms with Crippen molar-refractivity contribution in [3.63, 3.8) is 0 Å². The molecule has 1 aromatic heterocycles. The second kappa shape index (κ2) is 6.78. The normalized spacial score (nSPS) is 21.9. The average molecular weight is 409 g/mol. The number of halogens is 3. The minimum atomic E-state index is -4.81. The van der Waals surface area contributed by atoms with Crippen molar-refractivity contribution in [2.75, 3.05) is 0 Å². The van der Waals surface area contributed by atoms with Gasteiger partial charge in [-0.25, -0.2) is 4.79 Å². The summed E-state index contributed by atoms with van der Waals surface area (Å²) in [5.41, 5.74) is 0.438. The SMILES string of the molecule is CC1(c2ccc(OC(F)(F)F)cc2)NC(=O)N(Cc2noc3c2CCCC3)C1=O. The van der Waals surface area contributed by atoms with Crippen molar-refractivity contribution in [3.05, 3.63) is 46.8 Å². The van der Waals surface area contributed by atoms with Crippen molar-refractivity contribution in [1.82, 2.24) is 15.4 Å². The molecule has 0 bridgehead atoms. The summed E-state index contributed by atoms with van der Waals surface area (Å²) in [6.07, 6.45) is -1.24. The van der Waals surface area contributed by atoms with Gasteiger partial charge in [0.1, 0.15) is 22.7 Å². The van der Waals surface area contributed by atoms with Crippen molar-refractivity contribution in [3.8, 4) is 5.75 Å². The summed E-state index contributed by atoms with van der Waals surface area (Å²) >= 11 is 0. The number of amides is 3. The van der Waals surface area contributed by atoms with Crippen LogP contribution in [0.2, 0.25) is 0 Å². The van der Waals surface area contributed by atoms with Gasteiger partial charge in [0.15, 0.2) is 0 Å². The number of aryl methyl sites for hydroxylation is 1. The molecule has 1 atom stereocenters. The van der Waals surface area contributed by atoms with Crippen LogP contribution in [0.1, 0.15) is 42.3 Å². The van der Waals surface area contributed by atoms with Gasteiger partial charge in [0, 0.05) is 12.0 Å². The highest BCUT2D eigenvalue weighted by Crippen LogP contribution is 2.33. The third-order valence-corrected chi connectivity index (χ3v) is 5.28. The van der Waals surface area contributed by atoms with Crippen LogP contribution in [0.15, 0.2) is 28.8 Å². The molecule has 4 rings (SSSR count). The van der Waals surface area contributed by atoms with E-state index >= 15 is 0 Å². The van der Waals surface area contributed by atoms with E-state index in [1.165, 1.54) is 19.1 Å². The quantitative estimate of drug-likeness (QED) is 0.783. The van der Waals surface area contributed by atoms with Crippen LogP contribution in [-0.2, 0) is 29.7 Å². The number of nitrogens with one attached hydrogen (secondary N) is 1. The first-order valence-corrected chi connectivity index (χ1v) is 9.14. The Balaban J connectivity index is 1.55. The largest absolute Gasteiger partial charge is 0.573 e. The summed E-state index contributed by atoms with van der Waals surface area (Å²) in [6.45, 7) is 1.49. The fourth-order valence-corrected chi connectivity index (χ4v) is 3.75. The molecular formula is C19H18F3N3O4. The fourth-order valence-electron chi connectivity index (χ4n) is 3.75. The average Bonchev–Trinajstić information content (AvgIpc) is 3.16. The number of aromatic nitrogens is 1. The molecule has 1 aromatic carbocycles. The summed E-state index contributed by atoms with van der Waals surface area (Å²) in [5.74, 6) is -0.131. The number of hydrogen-bond donors (Lipinski definition) is 1. The molecule has 1 aliphatic carbocycles. The minimum Gasteiger partial charge on any atom is -0.406 e. The van der Waals surface area contributed by atoms with Crippen LogP contribution < -0.4 is 10.1 Å². The Morgan fingerprint density at radius 2 is 1.90 bits per heavy atom. The molecule has 10 heteroatoms. The van der Waals surface area contributed by atoms with Crippen molar-refractivity contribution < 1.29 is 32.0 Å². The van der Waals surface area contributed by atoms with E-state index < -0.39 is 29.6 Å². The molecule has 1 fully saturated rings. The Labute approximate surface area is 163 Å². The highest BCUT2D eigenvalue weighted by Gasteiger charge is 2.49. The van der Waals surface area contributed by atoms with E-state index in [1.54, 1.807) is 0 Å². The first-order chi connectivity index (χ1) is 13.7. The standard InChI is InChI=1S/C19H18F3N3O4/c1-18(11-6-8-12(9-7-11)28-19(20,21)22)16(26)25(17(27)23-18)10-14-13-4-2-3-5-15(13)29-24-14/h6-9H,2-5,10H2,1H3,(H,23,27). The lowest BCUT2D eigenvalue weighted by Gasteiger charge is -2.22. The van der Waals surface area contributed by atoms with Crippen LogP contribution in [0.5, 0.6) is 5.75 Å². The monoisotopic (exact) mass is 409 g/mol. The number of rotatable bonds is 4. The Morgan fingerprint density at radius 3 is 2.59 bits per heavy atom. The number of hydrogen-bond acceptors (Lipinski definition) is 5. The van der Waals surface area contributed by atoms with E-state index in [9.17, 15) is 22.8 Å². The number of carbonyl (C=O) groups is 2. The zero-order valence-electron chi connectivity index (χ0n) is 15.5. The smallest absolute Gasteiger partial charge is 0.406 e. The Morgan fingerprint density at radius 1 is 1.21 bits per heavy atom. The zero-order chi connectivity index (χ0) is 20.8. The van der Waals surface area contributed by atoms with E-state index in [2.05, 4.69) is 15.2 Å².